The maximum absolute atomic E-state index is 11.6. The van der Waals surface area contributed by atoms with Gasteiger partial charge in [0.05, 0.1) is 5.76 Å². The summed E-state index contributed by atoms with van der Waals surface area (Å²) in [5.41, 5.74) is 0. The first-order chi connectivity index (χ1) is 12.5. The summed E-state index contributed by atoms with van der Waals surface area (Å²) in [5, 5.41) is 0. The van der Waals surface area contributed by atoms with Crippen molar-refractivity contribution in [3.63, 3.8) is 0 Å². The summed E-state index contributed by atoms with van der Waals surface area (Å²) in [6.45, 7) is 9.44. The molecule has 1 unspecified atom stereocenters. The van der Waals surface area contributed by atoms with Gasteiger partial charge in [-0.05, 0) is 6.92 Å². The van der Waals surface area contributed by atoms with Crippen molar-refractivity contribution in [2.75, 3.05) is 6.61 Å². The number of ether oxygens (including phenoxy) is 6. The van der Waals surface area contributed by atoms with Crippen LogP contribution in [-0.2, 0) is 47.6 Å². The first-order valence-corrected chi connectivity index (χ1v) is 8.14. The van der Waals surface area contributed by atoms with E-state index in [-0.39, 0.29) is 12.4 Å². The summed E-state index contributed by atoms with van der Waals surface area (Å²) in [5.74, 6) is -2.47. The Morgan fingerprint density at radius 3 is 1.67 bits per heavy atom. The van der Waals surface area contributed by atoms with Crippen LogP contribution >= 0.6 is 0 Å². The molecule has 5 atom stereocenters. The second-order valence-corrected chi connectivity index (χ2v) is 5.89. The second kappa shape index (κ2) is 9.91. The predicted octanol–water partition coefficient (Wildman–Crippen LogP) is 0.620. The Morgan fingerprint density at radius 2 is 1.22 bits per heavy atom. The molecule has 0 aromatic rings. The molecule has 0 spiro atoms. The minimum Gasteiger partial charge on any atom is -0.466 e. The molecule has 0 saturated carbocycles. The molecule has 1 aliphatic heterocycles. The molecular formula is C17H24O10. The summed E-state index contributed by atoms with van der Waals surface area (Å²) in [6.07, 6.45) is -5.99. The highest BCUT2D eigenvalue weighted by Gasteiger charge is 2.53. The van der Waals surface area contributed by atoms with E-state index in [0.29, 0.717) is 0 Å². The number of carbonyl (C=O) groups excluding carboxylic acids is 4. The summed E-state index contributed by atoms with van der Waals surface area (Å²) in [4.78, 5) is 45.8. The lowest BCUT2D eigenvalue weighted by molar-refractivity contribution is -0.299. The van der Waals surface area contributed by atoms with Gasteiger partial charge in [-0.1, -0.05) is 6.58 Å². The van der Waals surface area contributed by atoms with E-state index in [9.17, 15) is 19.2 Å². The Kier molecular flexibility index (Phi) is 8.23. The lowest BCUT2D eigenvalue weighted by atomic mass is 9.98. The fourth-order valence-corrected chi connectivity index (χ4v) is 2.48. The van der Waals surface area contributed by atoms with E-state index in [0.717, 1.165) is 20.8 Å². The van der Waals surface area contributed by atoms with Crippen molar-refractivity contribution in [3.05, 3.63) is 12.3 Å². The van der Waals surface area contributed by atoms with E-state index < -0.39 is 54.6 Å². The smallest absolute Gasteiger partial charge is 0.303 e. The highest BCUT2D eigenvalue weighted by molar-refractivity contribution is 5.68. The average molecular weight is 388 g/mol. The normalized spacial score (nSPS) is 27.1. The Morgan fingerprint density at radius 1 is 0.741 bits per heavy atom. The minimum absolute atomic E-state index is 0.232. The van der Waals surface area contributed by atoms with Crippen molar-refractivity contribution in [1.29, 1.82) is 0 Å². The van der Waals surface area contributed by atoms with Gasteiger partial charge in [0.15, 0.2) is 12.2 Å². The van der Waals surface area contributed by atoms with Crippen LogP contribution in [-0.4, -0.2) is 61.2 Å². The Balaban J connectivity index is 3.29. The zero-order valence-corrected chi connectivity index (χ0v) is 15.9. The molecule has 27 heavy (non-hydrogen) atoms. The van der Waals surface area contributed by atoms with Gasteiger partial charge in [-0.2, -0.15) is 0 Å². The molecule has 0 N–H and O–H groups in total. The monoisotopic (exact) mass is 388 g/mol. The third-order valence-electron chi connectivity index (χ3n) is 3.27. The zero-order valence-electron chi connectivity index (χ0n) is 15.9. The molecule has 0 aromatic carbocycles. The molecule has 10 heteroatoms. The highest BCUT2D eigenvalue weighted by atomic mass is 16.7. The van der Waals surface area contributed by atoms with Gasteiger partial charge in [0.1, 0.15) is 12.7 Å². The third-order valence-corrected chi connectivity index (χ3v) is 3.27. The number of hydrogen-bond donors (Lipinski definition) is 0. The number of rotatable bonds is 7. The summed E-state index contributed by atoms with van der Waals surface area (Å²) < 4.78 is 31.7. The SMILES string of the molecule is C=C(C)OC1O[C@H](COC(C)=O)[C@@H](OC(C)=O)[C@H](OC(C)=O)[C@H]1OC(C)=O. The average Bonchev–Trinajstić information content (AvgIpc) is 2.49. The van der Waals surface area contributed by atoms with Crippen molar-refractivity contribution in [1.82, 2.24) is 0 Å². The first kappa shape index (κ1) is 22.4. The maximum atomic E-state index is 11.6. The number of esters is 4. The number of hydrogen-bond acceptors (Lipinski definition) is 10. The fraction of sp³-hybridized carbons (Fsp3) is 0.647. The van der Waals surface area contributed by atoms with Crippen LogP contribution in [0.3, 0.4) is 0 Å². The van der Waals surface area contributed by atoms with Crippen LogP contribution in [0.25, 0.3) is 0 Å². The fourth-order valence-electron chi connectivity index (χ4n) is 2.48. The summed E-state index contributed by atoms with van der Waals surface area (Å²) >= 11 is 0. The molecule has 1 saturated heterocycles. The molecule has 1 fully saturated rings. The second-order valence-electron chi connectivity index (χ2n) is 5.89. The van der Waals surface area contributed by atoms with Gasteiger partial charge in [0.25, 0.3) is 0 Å². The Labute approximate surface area is 156 Å². The van der Waals surface area contributed by atoms with E-state index in [1.54, 1.807) is 0 Å². The lowest BCUT2D eigenvalue weighted by Crippen LogP contribution is -2.62. The largest absolute Gasteiger partial charge is 0.466 e. The quantitative estimate of drug-likeness (QED) is 0.348. The molecule has 10 nitrogen and oxygen atoms in total. The topological polar surface area (TPSA) is 124 Å². The molecule has 1 rings (SSSR count). The standard InChI is InChI=1S/C17H24O10/c1-8(2)23-17-16(26-12(6)21)15(25-11(5)20)14(24-10(4)19)13(27-17)7-22-9(3)18/h13-17H,1,7H2,2-6H3/t13-,14-,15+,16-,17?/m1/s1. The molecule has 1 heterocycles. The van der Waals surface area contributed by atoms with Crippen molar-refractivity contribution < 1.29 is 47.6 Å². The summed E-state index contributed by atoms with van der Waals surface area (Å²) in [7, 11) is 0. The molecular weight excluding hydrogens is 364 g/mol. The zero-order chi connectivity index (χ0) is 20.7. The molecule has 1 aliphatic rings. The van der Waals surface area contributed by atoms with E-state index in [2.05, 4.69) is 6.58 Å². The minimum atomic E-state index is -1.26. The van der Waals surface area contributed by atoms with Gasteiger partial charge in [0.2, 0.25) is 12.4 Å². The van der Waals surface area contributed by atoms with Gasteiger partial charge in [-0.25, -0.2) is 0 Å². The molecule has 0 amide bonds. The molecule has 152 valence electrons. The van der Waals surface area contributed by atoms with E-state index >= 15 is 0 Å². The molecule has 0 bridgehead atoms. The number of allylic oxidation sites excluding steroid dienone is 1. The van der Waals surface area contributed by atoms with Crippen molar-refractivity contribution >= 4 is 23.9 Å². The van der Waals surface area contributed by atoms with Gasteiger partial charge < -0.3 is 28.4 Å². The highest BCUT2D eigenvalue weighted by Crippen LogP contribution is 2.30. The van der Waals surface area contributed by atoms with Crippen LogP contribution in [0.5, 0.6) is 0 Å². The van der Waals surface area contributed by atoms with Crippen molar-refractivity contribution in [2.24, 2.45) is 0 Å². The van der Waals surface area contributed by atoms with Crippen LogP contribution in [0.1, 0.15) is 34.6 Å². The lowest BCUT2D eigenvalue weighted by Gasteiger charge is -2.43. The Hall–Kier alpha value is -2.62. The first-order valence-electron chi connectivity index (χ1n) is 8.14. The molecule has 0 radical (unpaired) electrons. The van der Waals surface area contributed by atoms with Crippen LogP contribution in [0.2, 0.25) is 0 Å². The van der Waals surface area contributed by atoms with Gasteiger partial charge >= 0.3 is 23.9 Å². The predicted molar refractivity (Wildman–Crippen MR) is 87.9 cm³/mol. The van der Waals surface area contributed by atoms with Crippen molar-refractivity contribution in [3.8, 4) is 0 Å². The van der Waals surface area contributed by atoms with Crippen LogP contribution in [0.15, 0.2) is 12.3 Å². The third kappa shape index (κ3) is 7.26. The van der Waals surface area contributed by atoms with Crippen LogP contribution in [0, 0.1) is 0 Å². The van der Waals surface area contributed by atoms with Gasteiger partial charge in [0, 0.05) is 27.7 Å². The van der Waals surface area contributed by atoms with Crippen molar-refractivity contribution in [2.45, 2.75) is 65.3 Å². The van der Waals surface area contributed by atoms with Crippen LogP contribution < -0.4 is 0 Å². The Bertz CT molecular complexity index is 599. The van der Waals surface area contributed by atoms with Gasteiger partial charge in [-0.3, -0.25) is 19.2 Å². The molecule has 0 aromatic heterocycles. The number of carbonyl (C=O) groups is 4. The van der Waals surface area contributed by atoms with Crippen LogP contribution in [0.4, 0.5) is 0 Å². The van der Waals surface area contributed by atoms with E-state index in [1.807, 2.05) is 0 Å². The van der Waals surface area contributed by atoms with E-state index in [1.165, 1.54) is 13.8 Å². The molecule has 0 aliphatic carbocycles. The maximum Gasteiger partial charge on any atom is 0.303 e. The van der Waals surface area contributed by atoms with Gasteiger partial charge in [-0.15, -0.1) is 0 Å². The summed E-state index contributed by atoms with van der Waals surface area (Å²) in [6, 6.07) is 0. The van der Waals surface area contributed by atoms with E-state index in [4.69, 9.17) is 28.4 Å².